The average Bonchev–Trinajstić information content (AvgIpc) is 2.49. The van der Waals surface area contributed by atoms with Crippen LogP contribution in [0.1, 0.15) is 26.7 Å². The molecule has 17 heavy (non-hydrogen) atoms. The standard InChI is InChI=1S/C12H19NO4/c1-4-5-17-11(16)13-8-12(2,3)7-9(13)6-10(14)15/h4,9H,1,5-8H2,2-3H3,(H,14,15). The molecule has 0 aromatic heterocycles. The monoisotopic (exact) mass is 241 g/mol. The highest BCUT2D eigenvalue weighted by Crippen LogP contribution is 2.35. The van der Waals surface area contributed by atoms with E-state index in [0.717, 1.165) is 0 Å². The van der Waals surface area contributed by atoms with E-state index in [2.05, 4.69) is 6.58 Å². The minimum atomic E-state index is -0.894. The molecule has 0 bridgehead atoms. The van der Waals surface area contributed by atoms with Gasteiger partial charge in [0, 0.05) is 12.6 Å². The highest BCUT2D eigenvalue weighted by molar-refractivity contribution is 5.72. The fraction of sp³-hybridized carbons (Fsp3) is 0.667. The van der Waals surface area contributed by atoms with E-state index < -0.39 is 12.1 Å². The number of likely N-dealkylation sites (tertiary alicyclic amines) is 1. The van der Waals surface area contributed by atoms with Gasteiger partial charge < -0.3 is 14.7 Å². The quantitative estimate of drug-likeness (QED) is 0.763. The molecule has 1 heterocycles. The van der Waals surface area contributed by atoms with Crippen LogP contribution in [0.3, 0.4) is 0 Å². The van der Waals surface area contributed by atoms with Crippen LogP contribution >= 0.6 is 0 Å². The van der Waals surface area contributed by atoms with E-state index in [-0.39, 0.29) is 24.5 Å². The van der Waals surface area contributed by atoms with Crippen LogP contribution in [-0.2, 0) is 9.53 Å². The summed E-state index contributed by atoms with van der Waals surface area (Å²) in [7, 11) is 0. The first-order chi connectivity index (χ1) is 7.85. The minimum Gasteiger partial charge on any atom is -0.481 e. The number of amides is 1. The SMILES string of the molecule is C=CCOC(=O)N1CC(C)(C)CC1CC(=O)O. The molecule has 1 aliphatic heterocycles. The van der Waals surface area contributed by atoms with Crippen LogP contribution in [-0.4, -0.2) is 41.3 Å². The third kappa shape index (κ3) is 3.76. The summed E-state index contributed by atoms with van der Waals surface area (Å²) in [4.78, 5) is 24.0. The van der Waals surface area contributed by atoms with Gasteiger partial charge >= 0.3 is 12.1 Å². The minimum absolute atomic E-state index is 0.0351. The Kier molecular flexibility index (Phi) is 4.15. The number of hydrogen-bond acceptors (Lipinski definition) is 3. The molecule has 0 aromatic rings. The number of hydrogen-bond donors (Lipinski definition) is 1. The van der Waals surface area contributed by atoms with Crippen LogP contribution in [0.4, 0.5) is 4.79 Å². The van der Waals surface area contributed by atoms with Crippen molar-refractivity contribution in [3.63, 3.8) is 0 Å². The van der Waals surface area contributed by atoms with Crippen LogP contribution in [0, 0.1) is 5.41 Å². The van der Waals surface area contributed by atoms with Gasteiger partial charge in [-0.2, -0.15) is 0 Å². The van der Waals surface area contributed by atoms with E-state index >= 15 is 0 Å². The molecule has 1 fully saturated rings. The highest BCUT2D eigenvalue weighted by Gasteiger charge is 2.41. The number of carbonyl (C=O) groups is 2. The summed E-state index contributed by atoms with van der Waals surface area (Å²) in [5, 5.41) is 8.82. The molecule has 0 aromatic carbocycles. The predicted octanol–water partition coefficient (Wildman–Crippen LogP) is 1.88. The summed E-state index contributed by atoms with van der Waals surface area (Å²) in [6.07, 6.45) is 1.68. The van der Waals surface area contributed by atoms with Crippen molar-refractivity contribution in [1.82, 2.24) is 4.90 Å². The summed E-state index contributed by atoms with van der Waals surface area (Å²) in [5.74, 6) is -0.894. The Morgan fingerprint density at radius 2 is 2.24 bits per heavy atom. The Labute approximate surface area is 101 Å². The Bertz CT molecular complexity index is 324. The predicted molar refractivity (Wildman–Crippen MR) is 62.7 cm³/mol. The van der Waals surface area contributed by atoms with Crippen molar-refractivity contribution in [2.24, 2.45) is 5.41 Å². The molecular formula is C12H19NO4. The molecule has 0 radical (unpaired) electrons. The van der Waals surface area contributed by atoms with Gasteiger partial charge in [-0.1, -0.05) is 26.5 Å². The number of carboxylic acid groups (broad SMARTS) is 1. The lowest BCUT2D eigenvalue weighted by molar-refractivity contribution is -0.138. The smallest absolute Gasteiger partial charge is 0.410 e. The topological polar surface area (TPSA) is 66.8 Å². The second-order valence-electron chi connectivity index (χ2n) is 5.11. The van der Waals surface area contributed by atoms with Gasteiger partial charge in [0.05, 0.1) is 6.42 Å². The Morgan fingerprint density at radius 3 is 2.76 bits per heavy atom. The summed E-state index contributed by atoms with van der Waals surface area (Å²) < 4.78 is 4.96. The van der Waals surface area contributed by atoms with Crippen LogP contribution in [0.5, 0.6) is 0 Å². The molecule has 5 heteroatoms. The van der Waals surface area contributed by atoms with E-state index in [1.54, 1.807) is 0 Å². The number of carbonyl (C=O) groups excluding carboxylic acids is 1. The molecule has 1 saturated heterocycles. The molecule has 0 saturated carbocycles. The molecule has 1 amide bonds. The maximum Gasteiger partial charge on any atom is 0.410 e. The van der Waals surface area contributed by atoms with E-state index in [0.29, 0.717) is 13.0 Å². The highest BCUT2D eigenvalue weighted by atomic mass is 16.6. The van der Waals surface area contributed by atoms with E-state index in [1.807, 2.05) is 13.8 Å². The van der Waals surface area contributed by atoms with Crippen LogP contribution in [0.15, 0.2) is 12.7 Å². The van der Waals surface area contributed by atoms with Crippen molar-refractivity contribution in [2.45, 2.75) is 32.7 Å². The number of nitrogens with zero attached hydrogens (tertiary/aromatic N) is 1. The Morgan fingerprint density at radius 1 is 1.59 bits per heavy atom. The van der Waals surface area contributed by atoms with Gasteiger partial charge in [0.2, 0.25) is 0 Å². The van der Waals surface area contributed by atoms with Crippen molar-refractivity contribution in [3.8, 4) is 0 Å². The van der Waals surface area contributed by atoms with E-state index in [9.17, 15) is 9.59 Å². The second kappa shape index (κ2) is 5.21. The maximum absolute atomic E-state index is 11.7. The van der Waals surface area contributed by atoms with Crippen molar-refractivity contribution >= 4 is 12.1 Å². The molecule has 1 N–H and O–H groups in total. The van der Waals surface area contributed by atoms with Crippen molar-refractivity contribution < 1.29 is 19.4 Å². The zero-order valence-corrected chi connectivity index (χ0v) is 10.3. The molecule has 1 aliphatic rings. The fourth-order valence-electron chi connectivity index (χ4n) is 2.21. The lowest BCUT2D eigenvalue weighted by Gasteiger charge is -2.22. The molecule has 0 spiro atoms. The van der Waals surface area contributed by atoms with Gasteiger partial charge in [-0.05, 0) is 11.8 Å². The molecule has 5 nitrogen and oxygen atoms in total. The molecular weight excluding hydrogens is 222 g/mol. The zero-order valence-electron chi connectivity index (χ0n) is 10.3. The first-order valence-electron chi connectivity index (χ1n) is 5.62. The van der Waals surface area contributed by atoms with Gasteiger partial charge in [-0.15, -0.1) is 0 Å². The number of rotatable bonds is 4. The summed E-state index contributed by atoms with van der Waals surface area (Å²) in [6.45, 7) is 8.18. The molecule has 1 unspecified atom stereocenters. The number of ether oxygens (including phenoxy) is 1. The van der Waals surface area contributed by atoms with Gasteiger partial charge in [0.25, 0.3) is 0 Å². The van der Waals surface area contributed by atoms with Crippen LogP contribution < -0.4 is 0 Å². The van der Waals surface area contributed by atoms with Crippen LogP contribution in [0.25, 0.3) is 0 Å². The second-order valence-corrected chi connectivity index (χ2v) is 5.11. The Hall–Kier alpha value is -1.52. The normalized spacial score (nSPS) is 22.2. The number of carboxylic acids is 1. The molecule has 96 valence electrons. The van der Waals surface area contributed by atoms with Crippen molar-refractivity contribution in [1.29, 1.82) is 0 Å². The van der Waals surface area contributed by atoms with Gasteiger partial charge in [0.1, 0.15) is 6.61 Å². The lowest BCUT2D eigenvalue weighted by Crippen LogP contribution is -2.37. The third-order valence-corrected chi connectivity index (χ3v) is 2.80. The largest absolute Gasteiger partial charge is 0.481 e. The third-order valence-electron chi connectivity index (χ3n) is 2.80. The maximum atomic E-state index is 11.7. The first-order valence-corrected chi connectivity index (χ1v) is 5.62. The zero-order chi connectivity index (χ0) is 13.1. The van der Waals surface area contributed by atoms with Gasteiger partial charge in [-0.3, -0.25) is 4.79 Å². The fourth-order valence-corrected chi connectivity index (χ4v) is 2.21. The van der Waals surface area contributed by atoms with Gasteiger partial charge in [-0.25, -0.2) is 4.79 Å². The molecule has 1 atom stereocenters. The lowest BCUT2D eigenvalue weighted by atomic mass is 9.90. The van der Waals surface area contributed by atoms with E-state index in [4.69, 9.17) is 9.84 Å². The summed E-state index contributed by atoms with van der Waals surface area (Å²) >= 11 is 0. The molecule has 1 rings (SSSR count). The summed E-state index contributed by atoms with van der Waals surface area (Å²) in [5.41, 5.74) is -0.0622. The van der Waals surface area contributed by atoms with Crippen molar-refractivity contribution in [3.05, 3.63) is 12.7 Å². The van der Waals surface area contributed by atoms with Crippen LogP contribution in [0.2, 0.25) is 0 Å². The Balaban J connectivity index is 2.69. The first kappa shape index (κ1) is 13.5. The van der Waals surface area contributed by atoms with E-state index in [1.165, 1.54) is 11.0 Å². The van der Waals surface area contributed by atoms with Gasteiger partial charge in [0.15, 0.2) is 0 Å². The molecule has 0 aliphatic carbocycles. The number of aliphatic carboxylic acids is 1. The average molecular weight is 241 g/mol. The van der Waals surface area contributed by atoms with Crippen molar-refractivity contribution in [2.75, 3.05) is 13.2 Å². The summed E-state index contributed by atoms with van der Waals surface area (Å²) in [6, 6.07) is -0.278.